The molecule has 2 nitrogen and oxygen atoms in total. The van der Waals surface area contributed by atoms with E-state index in [0.29, 0.717) is 10.6 Å². The quantitative estimate of drug-likeness (QED) is 0.716. The van der Waals surface area contributed by atoms with Gasteiger partial charge in [-0.05, 0) is 42.8 Å². The molecule has 0 aliphatic heterocycles. The molecule has 2 aromatic rings. The van der Waals surface area contributed by atoms with Crippen molar-refractivity contribution in [1.82, 2.24) is 5.32 Å². The Morgan fingerprint density at radius 3 is 2.55 bits per heavy atom. The van der Waals surface area contributed by atoms with Crippen LogP contribution in [-0.2, 0) is 0 Å². The minimum atomic E-state index is -0.152. The highest BCUT2D eigenvalue weighted by Crippen LogP contribution is 2.21. The molecule has 0 spiro atoms. The lowest BCUT2D eigenvalue weighted by Gasteiger charge is -2.15. The van der Waals surface area contributed by atoms with Crippen LogP contribution in [0.1, 0.15) is 28.9 Å². The zero-order valence-corrected chi connectivity index (χ0v) is 14.6. The Labute approximate surface area is 139 Å². The summed E-state index contributed by atoms with van der Waals surface area (Å²) >= 11 is 12.7. The monoisotopic (exact) mass is 415 g/mol. The second kappa shape index (κ2) is 6.74. The predicted octanol–water partition coefficient (Wildman–Crippen LogP) is 5.36. The summed E-state index contributed by atoms with van der Waals surface area (Å²) in [5.74, 6) is -0.152. The molecule has 2 aromatic carbocycles. The minimum Gasteiger partial charge on any atom is -0.346 e. The number of nitrogens with one attached hydrogen (secondary N) is 1. The molecule has 0 saturated heterocycles. The number of carbonyl (C=O) groups excluding carboxylic acids is 1. The van der Waals surface area contributed by atoms with E-state index < -0.39 is 0 Å². The van der Waals surface area contributed by atoms with E-state index >= 15 is 0 Å². The summed E-state index contributed by atoms with van der Waals surface area (Å²) in [4.78, 5) is 12.2. The van der Waals surface area contributed by atoms with Crippen LogP contribution < -0.4 is 5.32 Å². The Balaban J connectivity index is 2.15. The summed E-state index contributed by atoms with van der Waals surface area (Å²) < 4.78 is 1.77. The van der Waals surface area contributed by atoms with E-state index in [9.17, 15) is 4.79 Å². The van der Waals surface area contributed by atoms with Gasteiger partial charge < -0.3 is 5.32 Å². The van der Waals surface area contributed by atoms with Crippen LogP contribution in [0.3, 0.4) is 0 Å². The number of halogens is 3. The number of hydrogen-bond donors (Lipinski definition) is 1. The largest absolute Gasteiger partial charge is 0.346 e. The van der Waals surface area contributed by atoms with Crippen LogP contribution in [0, 0.1) is 0 Å². The standard InChI is InChI=1S/C15H12Br2ClNO/c1-9(10-3-2-4-12(16)5-10)19-15(20)11-6-13(17)8-14(18)7-11/h2-9H,1H3,(H,19,20). The molecular weight excluding hydrogens is 405 g/mol. The van der Waals surface area contributed by atoms with E-state index in [0.717, 1.165) is 14.5 Å². The number of rotatable bonds is 3. The van der Waals surface area contributed by atoms with Gasteiger partial charge in [-0.15, -0.1) is 0 Å². The van der Waals surface area contributed by atoms with E-state index in [4.69, 9.17) is 11.6 Å². The first kappa shape index (κ1) is 15.5. The van der Waals surface area contributed by atoms with Crippen LogP contribution >= 0.6 is 43.5 Å². The lowest BCUT2D eigenvalue weighted by molar-refractivity contribution is 0.0940. The second-order valence-corrected chi connectivity index (χ2v) is 6.68. The summed E-state index contributed by atoms with van der Waals surface area (Å²) in [6.07, 6.45) is 0. The molecule has 20 heavy (non-hydrogen) atoms. The molecule has 1 atom stereocenters. The van der Waals surface area contributed by atoms with Gasteiger partial charge in [-0.3, -0.25) is 4.79 Å². The van der Waals surface area contributed by atoms with Crippen LogP contribution in [0.25, 0.3) is 0 Å². The molecule has 0 aliphatic rings. The molecular formula is C15H12Br2ClNO. The van der Waals surface area contributed by atoms with Crippen molar-refractivity contribution >= 4 is 49.4 Å². The van der Waals surface area contributed by atoms with Gasteiger partial charge in [0.1, 0.15) is 0 Å². The minimum absolute atomic E-state index is 0.0854. The average molecular weight is 418 g/mol. The normalized spacial score (nSPS) is 12.0. The Morgan fingerprint density at radius 1 is 1.15 bits per heavy atom. The molecule has 0 bridgehead atoms. The van der Waals surface area contributed by atoms with Crippen molar-refractivity contribution in [3.05, 3.63) is 67.6 Å². The summed E-state index contributed by atoms with van der Waals surface area (Å²) in [6, 6.07) is 12.9. The van der Waals surface area contributed by atoms with Crippen molar-refractivity contribution in [2.45, 2.75) is 13.0 Å². The van der Waals surface area contributed by atoms with E-state index in [1.54, 1.807) is 18.2 Å². The first-order chi connectivity index (χ1) is 9.45. The molecule has 0 aliphatic carbocycles. The second-order valence-electron chi connectivity index (χ2n) is 4.41. The molecule has 0 saturated carbocycles. The van der Waals surface area contributed by atoms with Crippen molar-refractivity contribution in [1.29, 1.82) is 0 Å². The first-order valence-electron chi connectivity index (χ1n) is 5.98. The molecule has 0 aromatic heterocycles. The van der Waals surface area contributed by atoms with E-state index in [-0.39, 0.29) is 11.9 Å². The smallest absolute Gasteiger partial charge is 0.251 e. The van der Waals surface area contributed by atoms with Gasteiger partial charge in [0.15, 0.2) is 0 Å². The van der Waals surface area contributed by atoms with Crippen molar-refractivity contribution in [3.8, 4) is 0 Å². The fourth-order valence-electron chi connectivity index (χ4n) is 1.82. The van der Waals surface area contributed by atoms with Crippen LogP contribution in [0.2, 0.25) is 5.02 Å². The van der Waals surface area contributed by atoms with Gasteiger partial charge in [0.05, 0.1) is 6.04 Å². The first-order valence-corrected chi connectivity index (χ1v) is 7.94. The van der Waals surface area contributed by atoms with Crippen molar-refractivity contribution < 1.29 is 4.79 Å². The van der Waals surface area contributed by atoms with Gasteiger partial charge in [-0.1, -0.05) is 55.6 Å². The molecule has 0 fully saturated rings. The third-order valence-corrected chi connectivity index (χ3v) is 3.99. The van der Waals surface area contributed by atoms with Gasteiger partial charge in [0.25, 0.3) is 5.91 Å². The van der Waals surface area contributed by atoms with Crippen LogP contribution in [0.5, 0.6) is 0 Å². The lowest BCUT2D eigenvalue weighted by atomic mass is 10.1. The highest BCUT2D eigenvalue weighted by atomic mass is 79.9. The Morgan fingerprint density at radius 2 is 1.90 bits per heavy atom. The zero-order valence-electron chi connectivity index (χ0n) is 10.7. The fraction of sp³-hybridized carbons (Fsp3) is 0.133. The fourth-order valence-corrected chi connectivity index (χ4v) is 3.10. The van der Waals surface area contributed by atoms with Crippen LogP contribution in [0.15, 0.2) is 51.4 Å². The summed E-state index contributed by atoms with van der Waals surface area (Å²) in [5, 5.41) is 3.48. The summed E-state index contributed by atoms with van der Waals surface area (Å²) in [6.45, 7) is 1.94. The van der Waals surface area contributed by atoms with Crippen molar-refractivity contribution in [2.75, 3.05) is 0 Å². The molecule has 1 N–H and O–H groups in total. The highest BCUT2D eigenvalue weighted by molar-refractivity contribution is 9.10. The number of hydrogen-bond acceptors (Lipinski definition) is 1. The molecule has 5 heteroatoms. The van der Waals surface area contributed by atoms with E-state index in [1.807, 2.05) is 31.2 Å². The van der Waals surface area contributed by atoms with E-state index in [2.05, 4.69) is 37.2 Å². The third kappa shape index (κ3) is 4.08. The summed E-state index contributed by atoms with van der Waals surface area (Å²) in [5.41, 5.74) is 1.57. The topological polar surface area (TPSA) is 29.1 Å². The maximum absolute atomic E-state index is 12.2. The van der Waals surface area contributed by atoms with Gasteiger partial charge >= 0.3 is 0 Å². The number of benzene rings is 2. The SMILES string of the molecule is CC(NC(=O)c1cc(Cl)cc(Br)c1)c1cccc(Br)c1. The Bertz CT molecular complexity index is 625. The number of amides is 1. The molecule has 1 unspecified atom stereocenters. The lowest BCUT2D eigenvalue weighted by Crippen LogP contribution is -2.26. The molecule has 2 rings (SSSR count). The molecule has 104 valence electrons. The van der Waals surface area contributed by atoms with Gasteiger partial charge in [-0.25, -0.2) is 0 Å². The van der Waals surface area contributed by atoms with Crippen LogP contribution in [-0.4, -0.2) is 5.91 Å². The molecule has 1 amide bonds. The Kier molecular flexibility index (Phi) is 5.24. The summed E-state index contributed by atoms with van der Waals surface area (Å²) in [7, 11) is 0. The van der Waals surface area contributed by atoms with Crippen molar-refractivity contribution in [3.63, 3.8) is 0 Å². The zero-order chi connectivity index (χ0) is 14.7. The Hall–Kier alpha value is -0.840. The maximum atomic E-state index is 12.2. The molecule has 0 heterocycles. The predicted molar refractivity (Wildman–Crippen MR) is 89.2 cm³/mol. The third-order valence-electron chi connectivity index (χ3n) is 2.82. The van der Waals surface area contributed by atoms with E-state index in [1.165, 1.54) is 0 Å². The van der Waals surface area contributed by atoms with Gasteiger partial charge in [0, 0.05) is 19.5 Å². The average Bonchev–Trinajstić information content (AvgIpc) is 2.37. The number of carbonyl (C=O) groups is 1. The van der Waals surface area contributed by atoms with Gasteiger partial charge in [-0.2, -0.15) is 0 Å². The van der Waals surface area contributed by atoms with Crippen molar-refractivity contribution in [2.24, 2.45) is 0 Å². The highest BCUT2D eigenvalue weighted by Gasteiger charge is 2.12. The molecule has 0 radical (unpaired) electrons. The van der Waals surface area contributed by atoms with Crippen LogP contribution in [0.4, 0.5) is 0 Å². The van der Waals surface area contributed by atoms with Gasteiger partial charge in [0.2, 0.25) is 0 Å². The maximum Gasteiger partial charge on any atom is 0.251 e.